The summed E-state index contributed by atoms with van der Waals surface area (Å²) >= 11 is 0. The Morgan fingerprint density at radius 3 is 2.23 bits per heavy atom. The van der Waals surface area contributed by atoms with Gasteiger partial charge in [-0.3, -0.25) is 9.59 Å². The van der Waals surface area contributed by atoms with E-state index in [0.29, 0.717) is 0 Å². The fourth-order valence-electron chi connectivity index (χ4n) is 1.88. The predicted molar refractivity (Wildman–Crippen MR) is 74.0 cm³/mol. The van der Waals surface area contributed by atoms with E-state index in [9.17, 15) is 22.6 Å². The SMILES string of the molecule is CC(=O)C(=CC=C1OCC(C)(C)N1CS(=O)(=O)[O-])C(C)=O.[K+]. The quantitative estimate of drug-likeness (QED) is 0.177. The zero-order valence-electron chi connectivity index (χ0n) is 13.4. The average Bonchev–Trinajstić information content (AvgIpc) is 2.53. The van der Waals surface area contributed by atoms with Crippen LogP contribution < -0.4 is 51.4 Å². The van der Waals surface area contributed by atoms with Gasteiger partial charge in [0.15, 0.2) is 17.4 Å². The third kappa shape index (κ3) is 6.23. The van der Waals surface area contributed by atoms with Crippen LogP contribution in [0.25, 0.3) is 0 Å². The van der Waals surface area contributed by atoms with Crippen molar-refractivity contribution >= 4 is 21.7 Å². The number of allylic oxidation sites excluding steroid dienone is 3. The maximum absolute atomic E-state index is 11.3. The van der Waals surface area contributed by atoms with Crippen LogP contribution in [0.5, 0.6) is 0 Å². The Morgan fingerprint density at radius 1 is 1.32 bits per heavy atom. The van der Waals surface area contributed by atoms with Crippen LogP contribution in [0.4, 0.5) is 0 Å². The Kier molecular flexibility index (Phi) is 8.17. The van der Waals surface area contributed by atoms with Gasteiger partial charge in [0.25, 0.3) is 0 Å². The first-order chi connectivity index (χ1) is 9.44. The normalized spacial score (nSPS) is 18.4. The number of carbonyl (C=O) groups is 2. The Hall–Kier alpha value is -0.0336. The van der Waals surface area contributed by atoms with Gasteiger partial charge in [-0.2, -0.15) is 0 Å². The minimum atomic E-state index is -4.48. The molecule has 0 amide bonds. The van der Waals surface area contributed by atoms with Crippen LogP contribution in [0.15, 0.2) is 23.6 Å². The molecule has 22 heavy (non-hydrogen) atoms. The van der Waals surface area contributed by atoms with Gasteiger partial charge in [0.2, 0.25) is 0 Å². The standard InChI is InChI=1S/C13H19NO6S.K/c1-9(15)11(10(2)16)5-6-12-14(8-21(17,18)19)13(3,4)7-20-12;/h5-6H,7-8H2,1-4H3,(H,17,18,19);/q;+1/p-1. The molecule has 0 aliphatic carbocycles. The number of hydrogen-bond donors (Lipinski definition) is 0. The molecule has 0 aromatic heterocycles. The van der Waals surface area contributed by atoms with Crippen LogP contribution in [-0.2, 0) is 24.4 Å². The van der Waals surface area contributed by atoms with Crippen molar-refractivity contribution in [1.29, 1.82) is 0 Å². The van der Waals surface area contributed by atoms with Crippen molar-refractivity contribution in [2.24, 2.45) is 0 Å². The second-order valence-corrected chi connectivity index (χ2v) is 6.79. The van der Waals surface area contributed by atoms with Crippen molar-refractivity contribution in [1.82, 2.24) is 4.90 Å². The van der Waals surface area contributed by atoms with Gasteiger partial charge in [0.05, 0.1) is 11.1 Å². The predicted octanol–water partition coefficient (Wildman–Crippen LogP) is -2.45. The molecule has 0 unspecified atom stereocenters. The fraction of sp³-hybridized carbons (Fsp3) is 0.538. The minimum absolute atomic E-state index is 0. The fourth-order valence-corrected chi connectivity index (χ4v) is 2.67. The van der Waals surface area contributed by atoms with Crippen molar-refractivity contribution in [2.45, 2.75) is 33.2 Å². The first kappa shape index (κ1) is 22.0. The second-order valence-electron chi connectivity index (χ2n) is 5.41. The Balaban J connectivity index is 0.00000441. The van der Waals surface area contributed by atoms with Crippen LogP contribution in [0.2, 0.25) is 0 Å². The summed E-state index contributed by atoms with van der Waals surface area (Å²) in [6.07, 6.45) is 2.60. The molecule has 1 heterocycles. The number of ketones is 2. The van der Waals surface area contributed by atoms with E-state index in [2.05, 4.69) is 0 Å². The molecule has 0 aromatic rings. The molecule has 0 N–H and O–H groups in total. The van der Waals surface area contributed by atoms with Gasteiger partial charge in [0, 0.05) is 0 Å². The maximum Gasteiger partial charge on any atom is 1.00 e. The van der Waals surface area contributed by atoms with Gasteiger partial charge in [0.1, 0.15) is 22.6 Å². The summed E-state index contributed by atoms with van der Waals surface area (Å²) in [5, 5.41) is 0. The summed E-state index contributed by atoms with van der Waals surface area (Å²) in [4.78, 5) is 23.9. The van der Waals surface area contributed by atoms with E-state index in [1.165, 1.54) is 30.9 Å². The molecular weight excluding hydrogens is 337 g/mol. The van der Waals surface area contributed by atoms with Gasteiger partial charge < -0.3 is 14.2 Å². The summed E-state index contributed by atoms with van der Waals surface area (Å²) in [6.45, 7) is 6.15. The monoisotopic (exact) mass is 355 g/mol. The van der Waals surface area contributed by atoms with E-state index in [0.717, 1.165) is 0 Å². The van der Waals surface area contributed by atoms with Crippen molar-refractivity contribution < 1.29 is 78.7 Å². The molecule has 0 radical (unpaired) electrons. The molecular formula is C13H18KNO6S. The van der Waals surface area contributed by atoms with E-state index >= 15 is 0 Å². The van der Waals surface area contributed by atoms with Crippen LogP contribution in [0, 0.1) is 0 Å². The number of rotatable bonds is 5. The largest absolute Gasteiger partial charge is 1.00 e. The molecule has 1 saturated heterocycles. The summed E-state index contributed by atoms with van der Waals surface area (Å²) in [6, 6.07) is 0. The first-order valence-corrected chi connectivity index (χ1v) is 7.79. The number of ether oxygens (including phenoxy) is 1. The molecule has 0 atom stereocenters. The molecule has 0 bridgehead atoms. The minimum Gasteiger partial charge on any atom is -0.747 e. The Morgan fingerprint density at radius 2 is 1.82 bits per heavy atom. The van der Waals surface area contributed by atoms with Crippen LogP contribution in [0.1, 0.15) is 27.7 Å². The van der Waals surface area contributed by atoms with Crippen LogP contribution in [0.3, 0.4) is 0 Å². The van der Waals surface area contributed by atoms with Crippen molar-refractivity contribution in [3.63, 3.8) is 0 Å². The summed E-state index contributed by atoms with van der Waals surface area (Å²) in [5.74, 6) is -1.41. The number of hydrogen-bond acceptors (Lipinski definition) is 7. The molecule has 7 nitrogen and oxygen atoms in total. The van der Waals surface area contributed by atoms with E-state index in [1.54, 1.807) is 13.8 Å². The molecule has 118 valence electrons. The van der Waals surface area contributed by atoms with Gasteiger partial charge in [-0.25, -0.2) is 8.42 Å². The Labute approximate surface area is 172 Å². The van der Waals surface area contributed by atoms with E-state index in [4.69, 9.17) is 4.74 Å². The molecule has 0 aromatic carbocycles. The zero-order chi connectivity index (χ0) is 16.4. The van der Waals surface area contributed by atoms with E-state index in [-0.39, 0.29) is 69.4 Å². The van der Waals surface area contributed by atoms with Gasteiger partial charge in [-0.05, 0) is 39.8 Å². The number of carbonyl (C=O) groups excluding carboxylic acids is 2. The summed E-state index contributed by atoms with van der Waals surface area (Å²) in [5.41, 5.74) is -0.704. The summed E-state index contributed by atoms with van der Waals surface area (Å²) < 4.78 is 38.3. The smallest absolute Gasteiger partial charge is 0.747 e. The van der Waals surface area contributed by atoms with Gasteiger partial charge in [-0.15, -0.1) is 0 Å². The second kappa shape index (κ2) is 8.18. The molecule has 0 saturated carbocycles. The molecule has 1 aliphatic rings. The third-order valence-corrected chi connectivity index (χ3v) is 3.58. The molecule has 1 rings (SSSR count). The summed E-state index contributed by atoms with van der Waals surface area (Å²) in [7, 11) is -4.48. The average molecular weight is 355 g/mol. The Bertz CT molecular complexity index is 604. The van der Waals surface area contributed by atoms with Gasteiger partial charge >= 0.3 is 51.4 Å². The van der Waals surface area contributed by atoms with Crippen molar-refractivity contribution in [3.8, 4) is 0 Å². The molecule has 0 spiro atoms. The zero-order valence-corrected chi connectivity index (χ0v) is 17.3. The van der Waals surface area contributed by atoms with E-state index < -0.39 is 33.1 Å². The number of Topliss-reactive ketones (excluding diaryl/α,β-unsaturated/α-hetero) is 2. The number of nitrogens with zero attached hydrogens (tertiary/aromatic N) is 1. The molecule has 1 fully saturated rings. The first-order valence-electron chi connectivity index (χ1n) is 6.22. The van der Waals surface area contributed by atoms with Crippen molar-refractivity contribution in [2.75, 3.05) is 12.5 Å². The van der Waals surface area contributed by atoms with Crippen LogP contribution >= 0.6 is 0 Å². The van der Waals surface area contributed by atoms with Gasteiger partial charge in [-0.1, -0.05) is 0 Å². The topological polar surface area (TPSA) is 104 Å². The van der Waals surface area contributed by atoms with E-state index in [1.807, 2.05) is 0 Å². The third-order valence-electron chi connectivity index (χ3n) is 3.01. The van der Waals surface area contributed by atoms with Crippen molar-refractivity contribution in [3.05, 3.63) is 23.6 Å². The van der Waals surface area contributed by atoms with Crippen LogP contribution in [-0.4, -0.2) is 47.5 Å². The molecule has 1 aliphatic heterocycles. The molecule has 9 heteroatoms. The maximum atomic E-state index is 11.3.